The molecule has 0 radical (unpaired) electrons. The van der Waals surface area contributed by atoms with E-state index < -0.39 is 22.1 Å². The maximum absolute atomic E-state index is 12.0. The van der Waals surface area contributed by atoms with Crippen LogP contribution < -0.4 is 9.47 Å². The molecule has 1 aromatic heterocycles. The topological polar surface area (TPSA) is 95.3 Å². The van der Waals surface area contributed by atoms with Gasteiger partial charge in [0.2, 0.25) is 5.09 Å². The number of carbonyl (C=O) groups excluding carboxylic acids is 1. The average molecular weight is 383 g/mol. The van der Waals surface area contributed by atoms with Crippen LogP contribution in [0.3, 0.4) is 0 Å². The lowest BCUT2D eigenvalue weighted by Gasteiger charge is -2.13. The summed E-state index contributed by atoms with van der Waals surface area (Å²) in [5.41, 5.74) is 0. The zero-order valence-corrected chi connectivity index (χ0v) is 15.8. The molecule has 26 heavy (non-hydrogen) atoms. The molecule has 8 nitrogen and oxygen atoms in total. The Balaban J connectivity index is 1.90. The van der Waals surface area contributed by atoms with Crippen LogP contribution >= 0.6 is 0 Å². The second-order valence-corrected chi connectivity index (χ2v) is 7.63. The Morgan fingerprint density at radius 1 is 1.12 bits per heavy atom. The normalized spacial score (nSPS) is 12.7. The fraction of sp³-hybridized carbons (Fsp3) is 0.353. The van der Waals surface area contributed by atoms with Gasteiger partial charge in [0, 0.05) is 14.1 Å². The van der Waals surface area contributed by atoms with E-state index in [1.165, 1.54) is 26.2 Å². The Labute approximate surface area is 152 Å². The van der Waals surface area contributed by atoms with Gasteiger partial charge in [0.1, 0.15) is 23.9 Å². The minimum atomic E-state index is -3.67. The predicted molar refractivity (Wildman–Crippen MR) is 92.5 cm³/mol. The van der Waals surface area contributed by atoms with Crippen LogP contribution in [0, 0.1) is 0 Å². The van der Waals surface area contributed by atoms with E-state index in [0.29, 0.717) is 11.5 Å². The fourth-order valence-corrected chi connectivity index (χ4v) is 2.73. The van der Waals surface area contributed by atoms with Crippen LogP contribution in [0.15, 0.2) is 45.9 Å². The molecule has 2 aromatic rings. The van der Waals surface area contributed by atoms with E-state index in [4.69, 9.17) is 18.6 Å². The van der Waals surface area contributed by atoms with Crippen molar-refractivity contribution in [2.45, 2.75) is 24.7 Å². The summed E-state index contributed by atoms with van der Waals surface area (Å²) in [6.07, 6.45) is -0.844. The van der Waals surface area contributed by atoms with Crippen LogP contribution in [-0.4, -0.2) is 46.0 Å². The lowest BCUT2D eigenvalue weighted by molar-refractivity contribution is -0.153. The van der Waals surface area contributed by atoms with E-state index in [0.717, 1.165) is 4.31 Å². The van der Waals surface area contributed by atoms with Crippen molar-refractivity contribution in [3.63, 3.8) is 0 Å². The van der Waals surface area contributed by atoms with Crippen molar-refractivity contribution in [1.29, 1.82) is 0 Å². The van der Waals surface area contributed by atoms with Gasteiger partial charge in [-0.25, -0.2) is 17.5 Å². The standard InChI is InChI=1S/C17H21NO7S/c1-12(24-14-7-5-13(22-4)6-8-14)17(19)23-11-15-9-10-16(25-15)26(20,21)18(2)3/h5-10,12H,11H2,1-4H3. The molecule has 0 spiro atoms. The first-order valence-corrected chi connectivity index (χ1v) is 9.16. The van der Waals surface area contributed by atoms with Gasteiger partial charge in [-0.3, -0.25) is 0 Å². The zero-order chi connectivity index (χ0) is 19.3. The molecule has 0 bridgehead atoms. The molecule has 0 amide bonds. The quantitative estimate of drug-likeness (QED) is 0.644. The van der Waals surface area contributed by atoms with Crippen molar-refractivity contribution in [2.75, 3.05) is 21.2 Å². The lowest BCUT2D eigenvalue weighted by atomic mass is 10.3. The Bertz CT molecular complexity index is 840. The number of sulfonamides is 1. The van der Waals surface area contributed by atoms with Crippen molar-refractivity contribution >= 4 is 16.0 Å². The van der Waals surface area contributed by atoms with E-state index in [1.807, 2.05) is 0 Å². The molecule has 0 aliphatic heterocycles. The number of ether oxygens (including phenoxy) is 3. The number of esters is 1. The van der Waals surface area contributed by atoms with Crippen molar-refractivity contribution in [3.05, 3.63) is 42.2 Å². The number of benzene rings is 1. The van der Waals surface area contributed by atoms with Crippen LogP contribution in [0.4, 0.5) is 0 Å². The first kappa shape index (κ1) is 19.8. The highest BCUT2D eigenvalue weighted by molar-refractivity contribution is 7.88. The van der Waals surface area contributed by atoms with Crippen molar-refractivity contribution in [3.8, 4) is 11.5 Å². The molecule has 0 fully saturated rings. The van der Waals surface area contributed by atoms with E-state index >= 15 is 0 Å². The predicted octanol–water partition coefficient (Wildman–Crippen LogP) is 2.05. The molecule has 1 unspecified atom stereocenters. The third-order valence-electron chi connectivity index (χ3n) is 3.43. The summed E-state index contributed by atoms with van der Waals surface area (Å²) in [4.78, 5) is 12.0. The first-order chi connectivity index (χ1) is 12.2. The lowest BCUT2D eigenvalue weighted by Crippen LogP contribution is -2.26. The molecule has 0 saturated heterocycles. The van der Waals surface area contributed by atoms with Crippen LogP contribution in [0.5, 0.6) is 11.5 Å². The third kappa shape index (κ3) is 4.77. The van der Waals surface area contributed by atoms with E-state index in [2.05, 4.69) is 0 Å². The fourth-order valence-electron chi connectivity index (χ4n) is 1.92. The summed E-state index contributed by atoms with van der Waals surface area (Å²) in [5, 5.41) is -0.212. The number of hydrogen-bond donors (Lipinski definition) is 0. The molecular weight excluding hydrogens is 362 g/mol. The Kier molecular flexibility index (Phi) is 6.27. The van der Waals surface area contributed by atoms with Gasteiger partial charge in [0.15, 0.2) is 6.10 Å². The average Bonchev–Trinajstić information content (AvgIpc) is 3.10. The summed E-state index contributed by atoms with van der Waals surface area (Å²) in [7, 11) is 0.686. The summed E-state index contributed by atoms with van der Waals surface area (Å²) in [6, 6.07) is 9.53. The molecule has 1 atom stereocenters. The molecule has 2 rings (SSSR count). The van der Waals surface area contributed by atoms with Crippen LogP contribution in [0.2, 0.25) is 0 Å². The van der Waals surface area contributed by atoms with Gasteiger partial charge < -0.3 is 18.6 Å². The minimum absolute atomic E-state index is 0.196. The molecule has 0 N–H and O–H groups in total. The van der Waals surface area contributed by atoms with Crippen LogP contribution in [-0.2, 0) is 26.2 Å². The summed E-state index contributed by atoms with van der Waals surface area (Å²) < 4.78 is 45.8. The maximum Gasteiger partial charge on any atom is 0.347 e. The van der Waals surface area contributed by atoms with Crippen molar-refractivity contribution < 1.29 is 31.8 Å². The van der Waals surface area contributed by atoms with Gasteiger partial charge in [-0.15, -0.1) is 0 Å². The van der Waals surface area contributed by atoms with Gasteiger partial charge in [0.05, 0.1) is 7.11 Å². The highest BCUT2D eigenvalue weighted by atomic mass is 32.2. The summed E-state index contributed by atoms with van der Waals surface area (Å²) in [6.45, 7) is 1.36. The number of methoxy groups -OCH3 is 1. The molecular formula is C17H21NO7S. The Hall–Kier alpha value is -2.52. The van der Waals surface area contributed by atoms with Gasteiger partial charge in [-0.05, 0) is 43.3 Å². The molecule has 0 saturated carbocycles. The zero-order valence-electron chi connectivity index (χ0n) is 15.0. The SMILES string of the molecule is COc1ccc(OC(C)C(=O)OCc2ccc(S(=O)(=O)N(C)C)o2)cc1. The molecule has 0 aliphatic carbocycles. The smallest absolute Gasteiger partial charge is 0.347 e. The number of rotatable bonds is 8. The van der Waals surface area contributed by atoms with Crippen LogP contribution in [0.25, 0.3) is 0 Å². The molecule has 1 aromatic carbocycles. The van der Waals surface area contributed by atoms with E-state index in [1.54, 1.807) is 38.3 Å². The van der Waals surface area contributed by atoms with Gasteiger partial charge in [-0.1, -0.05) is 0 Å². The van der Waals surface area contributed by atoms with Gasteiger partial charge in [0.25, 0.3) is 10.0 Å². The molecule has 9 heteroatoms. The first-order valence-electron chi connectivity index (χ1n) is 7.72. The molecule has 142 valence electrons. The highest BCUT2D eigenvalue weighted by Gasteiger charge is 2.22. The second kappa shape index (κ2) is 8.24. The maximum atomic E-state index is 12.0. The Morgan fingerprint density at radius 3 is 2.31 bits per heavy atom. The van der Waals surface area contributed by atoms with Gasteiger partial charge in [-0.2, -0.15) is 0 Å². The van der Waals surface area contributed by atoms with E-state index in [9.17, 15) is 13.2 Å². The minimum Gasteiger partial charge on any atom is -0.497 e. The molecule has 1 heterocycles. The molecule has 0 aliphatic rings. The highest BCUT2D eigenvalue weighted by Crippen LogP contribution is 2.20. The van der Waals surface area contributed by atoms with Crippen molar-refractivity contribution in [1.82, 2.24) is 4.31 Å². The monoisotopic (exact) mass is 383 g/mol. The third-order valence-corrected chi connectivity index (χ3v) is 5.12. The Morgan fingerprint density at radius 2 is 1.73 bits per heavy atom. The number of furan rings is 1. The van der Waals surface area contributed by atoms with Crippen molar-refractivity contribution in [2.24, 2.45) is 0 Å². The van der Waals surface area contributed by atoms with E-state index in [-0.39, 0.29) is 17.5 Å². The summed E-state index contributed by atoms with van der Waals surface area (Å²) in [5.74, 6) is 0.783. The largest absolute Gasteiger partial charge is 0.497 e. The van der Waals surface area contributed by atoms with Crippen LogP contribution in [0.1, 0.15) is 12.7 Å². The summed E-state index contributed by atoms with van der Waals surface area (Å²) >= 11 is 0. The second-order valence-electron chi connectivity index (χ2n) is 5.55. The number of nitrogens with zero attached hydrogens (tertiary/aromatic N) is 1. The van der Waals surface area contributed by atoms with Gasteiger partial charge >= 0.3 is 5.97 Å². The number of hydrogen-bond acceptors (Lipinski definition) is 7. The number of carbonyl (C=O) groups is 1.